The molecule has 2 aromatic rings. The zero-order chi connectivity index (χ0) is 9.97. The van der Waals surface area contributed by atoms with Crippen molar-refractivity contribution >= 4 is 32.4 Å². The largest absolute Gasteiger partial charge is 1.00 e. The van der Waals surface area contributed by atoms with E-state index in [1.54, 1.807) is 32.4 Å². The number of benzene rings is 1. The Morgan fingerprint density at radius 2 is 1.93 bits per heavy atom. The minimum Gasteiger partial charge on any atom is -1.00 e. The van der Waals surface area contributed by atoms with Crippen LogP contribution in [0.2, 0.25) is 0 Å². The molecule has 0 radical (unpaired) electrons. The minimum absolute atomic E-state index is 0. The number of thioether (sulfide) groups is 1. The number of nitrogens with zero attached hydrogens (tertiary/aromatic N) is 1. The van der Waals surface area contributed by atoms with E-state index in [-0.39, 0.29) is 24.0 Å². The molecular weight excluding hydrogens is 357 g/mol. The monoisotopic (exact) mass is 367 g/mol. The van der Waals surface area contributed by atoms with Gasteiger partial charge in [0.1, 0.15) is 0 Å². The van der Waals surface area contributed by atoms with Crippen LogP contribution in [0.3, 0.4) is 0 Å². The fourth-order valence-corrected chi connectivity index (χ4v) is 4.18. The predicted molar refractivity (Wildman–Crippen MR) is 66.4 cm³/mol. The molecule has 0 spiro atoms. The number of halogens is 1. The molecule has 2 rings (SSSR count). The molecule has 80 valence electrons. The van der Waals surface area contributed by atoms with Gasteiger partial charge in [-0.05, 0) is 24.9 Å². The third-order valence-electron chi connectivity index (χ3n) is 1.86. The first-order valence-electron chi connectivity index (χ1n) is 4.21. The van der Waals surface area contributed by atoms with Gasteiger partial charge >= 0.3 is 14.7 Å². The lowest BCUT2D eigenvalue weighted by atomic mass is 10.2. The van der Waals surface area contributed by atoms with Gasteiger partial charge in [-0.25, -0.2) is 0 Å². The highest BCUT2D eigenvalue weighted by Crippen LogP contribution is 2.32. The molecule has 5 heteroatoms. The molecule has 0 aliphatic heterocycles. The van der Waals surface area contributed by atoms with Crippen molar-refractivity contribution in [2.24, 2.45) is 0 Å². The van der Waals surface area contributed by atoms with Gasteiger partial charge in [0.25, 0.3) is 0 Å². The molecule has 0 amide bonds. The highest BCUT2D eigenvalue weighted by atomic mass is 127. The van der Waals surface area contributed by atoms with Gasteiger partial charge < -0.3 is 24.0 Å². The van der Waals surface area contributed by atoms with E-state index in [0.717, 1.165) is 9.35 Å². The van der Waals surface area contributed by atoms with Gasteiger partial charge in [-0.3, -0.25) is 0 Å². The average Bonchev–Trinajstić information content (AvgIpc) is 2.67. The summed E-state index contributed by atoms with van der Waals surface area (Å²) in [5, 5.41) is 1.12. The Morgan fingerprint density at radius 1 is 1.27 bits per heavy atom. The molecule has 0 unspecified atom stereocenters. The maximum Gasteiger partial charge on any atom is 0.376 e. The first-order chi connectivity index (χ1) is 6.79. The van der Waals surface area contributed by atoms with Gasteiger partial charge in [0.2, 0.25) is 0 Å². The second-order valence-electron chi connectivity index (χ2n) is 2.92. The SMILES string of the molecule is CSc1nc(-c2ccc(C)cc2)s[s+]1.[I-]. The summed E-state index contributed by atoms with van der Waals surface area (Å²) in [5.74, 6) is 0. The molecule has 0 aliphatic rings. The fraction of sp³-hybridized carbons (Fsp3) is 0.200. The van der Waals surface area contributed by atoms with Gasteiger partial charge in [0.05, 0.1) is 0 Å². The van der Waals surface area contributed by atoms with Crippen LogP contribution in [0.1, 0.15) is 5.56 Å². The van der Waals surface area contributed by atoms with Crippen LogP contribution in [-0.4, -0.2) is 11.2 Å². The van der Waals surface area contributed by atoms with Crippen molar-refractivity contribution in [3.8, 4) is 10.6 Å². The van der Waals surface area contributed by atoms with Gasteiger partial charge in [-0.1, -0.05) is 29.8 Å². The highest BCUT2D eigenvalue weighted by Gasteiger charge is 2.15. The van der Waals surface area contributed by atoms with Crippen LogP contribution in [0.15, 0.2) is 28.6 Å². The molecule has 1 aromatic carbocycles. The summed E-state index contributed by atoms with van der Waals surface area (Å²) in [7, 11) is 3.48. The van der Waals surface area contributed by atoms with Gasteiger partial charge in [-0.2, -0.15) is 4.98 Å². The molecule has 0 bridgehead atoms. The Bertz CT molecular complexity index is 424. The molecule has 0 saturated carbocycles. The maximum atomic E-state index is 4.53. The Morgan fingerprint density at radius 3 is 2.47 bits per heavy atom. The van der Waals surface area contributed by atoms with Crippen LogP contribution >= 0.6 is 32.4 Å². The lowest BCUT2D eigenvalue weighted by Gasteiger charge is -1.93. The van der Waals surface area contributed by atoms with E-state index < -0.39 is 0 Å². The second-order valence-corrected chi connectivity index (χ2v) is 6.08. The first-order valence-corrected chi connectivity index (χ1v) is 7.58. The third kappa shape index (κ3) is 3.37. The van der Waals surface area contributed by atoms with Crippen molar-refractivity contribution in [1.29, 1.82) is 0 Å². The Kier molecular flexibility index (Phi) is 5.45. The molecule has 0 atom stereocenters. The Labute approximate surface area is 118 Å². The van der Waals surface area contributed by atoms with E-state index in [2.05, 4.69) is 42.4 Å². The van der Waals surface area contributed by atoms with Crippen molar-refractivity contribution in [3.05, 3.63) is 29.8 Å². The van der Waals surface area contributed by atoms with E-state index in [0.29, 0.717) is 0 Å². The minimum atomic E-state index is 0. The summed E-state index contributed by atoms with van der Waals surface area (Å²) in [6.07, 6.45) is 2.06. The number of aryl methyl sites for hydroxylation is 1. The second kappa shape index (κ2) is 6.12. The molecular formula is C10H10INS3. The molecule has 1 heterocycles. The smallest absolute Gasteiger partial charge is 0.376 e. The van der Waals surface area contributed by atoms with E-state index in [1.807, 2.05) is 0 Å². The van der Waals surface area contributed by atoms with E-state index in [4.69, 9.17) is 0 Å². The van der Waals surface area contributed by atoms with Crippen molar-refractivity contribution in [2.75, 3.05) is 6.26 Å². The van der Waals surface area contributed by atoms with E-state index >= 15 is 0 Å². The van der Waals surface area contributed by atoms with Crippen molar-refractivity contribution < 1.29 is 24.0 Å². The van der Waals surface area contributed by atoms with Crippen LogP contribution in [-0.2, 0) is 0 Å². The molecule has 0 aliphatic carbocycles. The summed E-state index contributed by atoms with van der Waals surface area (Å²) < 4.78 is 1.14. The van der Waals surface area contributed by atoms with Crippen molar-refractivity contribution in [1.82, 2.24) is 4.98 Å². The normalized spacial score (nSPS) is 9.73. The highest BCUT2D eigenvalue weighted by molar-refractivity contribution is 8.02. The summed E-state index contributed by atoms with van der Waals surface area (Å²) in [5.41, 5.74) is 2.51. The molecule has 0 saturated heterocycles. The zero-order valence-corrected chi connectivity index (χ0v) is 13.0. The number of hydrogen-bond acceptors (Lipinski definition) is 3. The molecule has 1 aromatic heterocycles. The maximum absolute atomic E-state index is 4.53. The van der Waals surface area contributed by atoms with Crippen LogP contribution < -0.4 is 24.0 Å². The quantitative estimate of drug-likeness (QED) is 0.342. The molecule has 0 fully saturated rings. The van der Waals surface area contributed by atoms with Gasteiger partial charge in [0, 0.05) is 5.56 Å². The fourth-order valence-electron chi connectivity index (χ4n) is 1.08. The molecule has 0 N–H and O–H groups in total. The Hall–Kier alpha value is 0.280. The lowest BCUT2D eigenvalue weighted by Crippen LogP contribution is -3.00. The average molecular weight is 367 g/mol. The number of hydrogen-bond donors (Lipinski definition) is 0. The summed E-state index contributed by atoms with van der Waals surface area (Å²) in [6.45, 7) is 2.10. The van der Waals surface area contributed by atoms with Gasteiger partial charge in [0.15, 0.2) is 15.3 Å². The van der Waals surface area contributed by atoms with E-state index in [9.17, 15) is 0 Å². The summed E-state index contributed by atoms with van der Waals surface area (Å²) >= 11 is 1.71. The molecule has 1 nitrogen and oxygen atoms in total. The van der Waals surface area contributed by atoms with Crippen LogP contribution in [0, 0.1) is 6.92 Å². The summed E-state index contributed by atoms with van der Waals surface area (Å²) in [6, 6.07) is 8.51. The van der Waals surface area contributed by atoms with Crippen LogP contribution in [0.5, 0.6) is 0 Å². The van der Waals surface area contributed by atoms with Gasteiger partial charge in [-0.15, -0.1) is 0 Å². The predicted octanol–water partition coefficient (Wildman–Crippen LogP) is 1.19. The topological polar surface area (TPSA) is 12.9 Å². The van der Waals surface area contributed by atoms with E-state index in [1.165, 1.54) is 11.1 Å². The zero-order valence-electron chi connectivity index (χ0n) is 8.36. The lowest BCUT2D eigenvalue weighted by molar-refractivity contribution is -0.00000276. The standard InChI is InChI=1S/C10H10NS3.HI/c1-7-3-5-8(6-4-7)9-11-10(12-2)14-13-9;/h3-6H,1-2H3;1H/q+1;/p-1. The first kappa shape index (κ1) is 13.3. The summed E-state index contributed by atoms with van der Waals surface area (Å²) in [4.78, 5) is 4.53. The third-order valence-corrected chi connectivity index (χ3v) is 5.36. The number of rotatable bonds is 2. The van der Waals surface area contributed by atoms with Crippen molar-refractivity contribution in [3.63, 3.8) is 0 Å². The molecule has 15 heavy (non-hydrogen) atoms. The van der Waals surface area contributed by atoms with Crippen molar-refractivity contribution in [2.45, 2.75) is 11.3 Å². The Balaban J connectivity index is 0.00000112. The number of aromatic nitrogens is 1. The van der Waals surface area contributed by atoms with Crippen LogP contribution in [0.25, 0.3) is 10.6 Å². The van der Waals surface area contributed by atoms with Crippen LogP contribution in [0.4, 0.5) is 0 Å².